The Morgan fingerprint density at radius 1 is 1.25 bits per heavy atom. The molecule has 1 aliphatic rings. The van der Waals surface area contributed by atoms with Crippen molar-refractivity contribution in [2.75, 3.05) is 6.61 Å². The molecule has 2 aromatic rings. The molecule has 0 spiro atoms. The van der Waals surface area contributed by atoms with Gasteiger partial charge in [0.25, 0.3) is 0 Å². The predicted molar refractivity (Wildman–Crippen MR) is 85.5 cm³/mol. The van der Waals surface area contributed by atoms with E-state index in [9.17, 15) is 4.39 Å². The van der Waals surface area contributed by atoms with Crippen molar-refractivity contribution in [3.8, 4) is 5.75 Å². The van der Waals surface area contributed by atoms with Gasteiger partial charge in [-0.3, -0.25) is 0 Å². The normalized spacial score (nSPS) is 14.8. The van der Waals surface area contributed by atoms with Crippen LogP contribution in [-0.2, 0) is 6.42 Å². The number of alkyl halides is 1. The second-order valence-electron chi connectivity index (χ2n) is 4.62. The van der Waals surface area contributed by atoms with Gasteiger partial charge in [0.05, 0.1) is 16.5 Å². The summed E-state index contributed by atoms with van der Waals surface area (Å²) < 4.78 is 20.1. The van der Waals surface area contributed by atoms with Crippen LogP contribution < -0.4 is 4.74 Å². The Morgan fingerprint density at radius 2 is 2.05 bits per heavy atom. The van der Waals surface area contributed by atoms with Gasteiger partial charge in [-0.2, -0.15) is 0 Å². The van der Waals surface area contributed by atoms with Crippen molar-refractivity contribution in [3.05, 3.63) is 62.3 Å². The van der Waals surface area contributed by atoms with Crippen molar-refractivity contribution in [1.29, 1.82) is 0 Å². The highest BCUT2D eigenvalue weighted by Crippen LogP contribution is 2.38. The van der Waals surface area contributed by atoms with Crippen LogP contribution in [0.25, 0.3) is 0 Å². The zero-order valence-corrected chi connectivity index (χ0v) is 14.2. The van der Waals surface area contributed by atoms with Crippen molar-refractivity contribution in [2.24, 2.45) is 0 Å². The maximum absolute atomic E-state index is 14.1. The molecule has 0 saturated carbocycles. The van der Waals surface area contributed by atoms with Gasteiger partial charge in [0, 0.05) is 16.5 Å². The third kappa shape index (κ3) is 2.61. The summed E-state index contributed by atoms with van der Waals surface area (Å²) in [6, 6.07) is 8.97. The molecule has 0 radical (unpaired) electrons. The van der Waals surface area contributed by atoms with Crippen LogP contribution in [0.3, 0.4) is 0 Å². The summed E-state index contributed by atoms with van der Waals surface area (Å²) in [6.45, 7) is 0.713. The van der Waals surface area contributed by atoms with Gasteiger partial charge >= 0.3 is 0 Å². The SMILES string of the molecule is Fc1cc(Br)c(Cl)cc1C(Br)c1ccc2c(c1)CCO2. The molecule has 1 aliphatic heterocycles. The van der Waals surface area contributed by atoms with Gasteiger partial charge in [-0.1, -0.05) is 39.7 Å². The minimum absolute atomic E-state index is 0.237. The molecule has 5 heteroatoms. The van der Waals surface area contributed by atoms with E-state index in [1.165, 1.54) is 6.07 Å². The molecule has 0 aliphatic carbocycles. The lowest BCUT2D eigenvalue weighted by molar-refractivity contribution is 0.357. The van der Waals surface area contributed by atoms with E-state index in [0.29, 0.717) is 21.7 Å². The average molecular weight is 421 g/mol. The Labute approximate surface area is 138 Å². The van der Waals surface area contributed by atoms with Gasteiger partial charge in [-0.25, -0.2) is 4.39 Å². The standard InChI is InChI=1S/C15H10Br2ClFO/c16-11-7-13(19)10(6-12(11)18)15(17)9-1-2-14-8(5-9)3-4-20-14/h1-2,5-7,15H,3-4H2. The predicted octanol–water partition coefficient (Wildman–Crippen LogP) is 5.66. The Morgan fingerprint density at radius 3 is 2.85 bits per heavy atom. The smallest absolute Gasteiger partial charge is 0.129 e. The number of hydrogen-bond donors (Lipinski definition) is 0. The molecule has 0 aromatic heterocycles. The quantitative estimate of drug-likeness (QED) is 0.450. The summed E-state index contributed by atoms with van der Waals surface area (Å²) in [5.41, 5.74) is 2.68. The lowest BCUT2D eigenvalue weighted by Crippen LogP contribution is -1.98. The Kier molecular flexibility index (Phi) is 4.07. The second-order valence-corrected chi connectivity index (χ2v) is 6.79. The topological polar surface area (TPSA) is 9.23 Å². The van der Waals surface area contributed by atoms with Crippen LogP contribution in [0, 0.1) is 5.82 Å². The molecule has 3 rings (SSSR count). The lowest BCUT2D eigenvalue weighted by Gasteiger charge is -2.14. The fourth-order valence-corrected chi connectivity index (χ4v) is 3.40. The van der Waals surface area contributed by atoms with Crippen LogP contribution in [-0.4, -0.2) is 6.61 Å². The van der Waals surface area contributed by atoms with E-state index in [2.05, 4.69) is 37.9 Å². The summed E-state index contributed by atoms with van der Waals surface area (Å²) in [4.78, 5) is -0.237. The Bertz CT molecular complexity index is 675. The molecule has 0 fully saturated rings. The molecule has 104 valence electrons. The summed E-state index contributed by atoms with van der Waals surface area (Å²) >= 11 is 12.8. The maximum atomic E-state index is 14.1. The zero-order valence-electron chi connectivity index (χ0n) is 10.3. The minimum atomic E-state index is -0.292. The largest absolute Gasteiger partial charge is 0.493 e. The Hall–Kier alpha value is -0.580. The van der Waals surface area contributed by atoms with E-state index in [0.717, 1.165) is 23.3 Å². The highest BCUT2D eigenvalue weighted by Gasteiger charge is 2.20. The van der Waals surface area contributed by atoms with Crippen molar-refractivity contribution < 1.29 is 9.13 Å². The lowest BCUT2D eigenvalue weighted by atomic mass is 10.0. The van der Waals surface area contributed by atoms with E-state index < -0.39 is 0 Å². The fraction of sp³-hybridized carbons (Fsp3) is 0.200. The van der Waals surface area contributed by atoms with Crippen molar-refractivity contribution in [3.63, 3.8) is 0 Å². The van der Waals surface area contributed by atoms with Gasteiger partial charge in [0.15, 0.2) is 0 Å². The first-order chi connectivity index (χ1) is 9.56. The van der Waals surface area contributed by atoms with Crippen LogP contribution in [0.5, 0.6) is 5.75 Å². The number of rotatable bonds is 2. The first-order valence-corrected chi connectivity index (χ1v) is 8.19. The van der Waals surface area contributed by atoms with Crippen LogP contribution in [0.4, 0.5) is 4.39 Å². The van der Waals surface area contributed by atoms with Gasteiger partial charge in [0.1, 0.15) is 11.6 Å². The molecule has 0 N–H and O–H groups in total. The van der Waals surface area contributed by atoms with Crippen molar-refractivity contribution in [2.45, 2.75) is 11.2 Å². The average Bonchev–Trinajstić information content (AvgIpc) is 2.89. The Balaban J connectivity index is 2.00. The summed E-state index contributed by atoms with van der Waals surface area (Å²) in [5.74, 6) is 0.627. The van der Waals surface area contributed by atoms with Gasteiger partial charge in [0.2, 0.25) is 0 Å². The summed E-state index contributed by atoms with van der Waals surface area (Å²) in [7, 11) is 0. The molecule has 20 heavy (non-hydrogen) atoms. The van der Waals surface area contributed by atoms with Gasteiger partial charge < -0.3 is 4.74 Å². The number of fused-ring (bicyclic) bond motifs is 1. The van der Waals surface area contributed by atoms with Crippen LogP contribution in [0.15, 0.2) is 34.8 Å². The van der Waals surface area contributed by atoms with E-state index in [4.69, 9.17) is 16.3 Å². The minimum Gasteiger partial charge on any atom is -0.493 e. The molecular weight excluding hydrogens is 410 g/mol. The van der Waals surface area contributed by atoms with Crippen molar-refractivity contribution in [1.82, 2.24) is 0 Å². The molecule has 2 aromatic carbocycles. The first kappa shape index (κ1) is 14.4. The third-order valence-electron chi connectivity index (χ3n) is 3.32. The number of hydrogen-bond acceptors (Lipinski definition) is 1. The number of halogens is 4. The summed E-state index contributed by atoms with van der Waals surface area (Å²) in [6.07, 6.45) is 0.895. The van der Waals surface area contributed by atoms with E-state index in [-0.39, 0.29) is 10.6 Å². The van der Waals surface area contributed by atoms with Crippen LogP contribution in [0.2, 0.25) is 5.02 Å². The van der Waals surface area contributed by atoms with E-state index in [1.54, 1.807) is 6.07 Å². The monoisotopic (exact) mass is 418 g/mol. The number of ether oxygens (including phenoxy) is 1. The molecule has 0 amide bonds. The molecule has 1 unspecified atom stereocenters. The number of benzene rings is 2. The van der Waals surface area contributed by atoms with E-state index >= 15 is 0 Å². The third-order valence-corrected chi connectivity index (χ3v) is 5.54. The van der Waals surface area contributed by atoms with Crippen LogP contribution >= 0.6 is 43.5 Å². The summed E-state index contributed by atoms with van der Waals surface area (Å²) in [5, 5.41) is 0.496. The molecule has 1 nitrogen and oxygen atoms in total. The highest BCUT2D eigenvalue weighted by molar-refractivity contribution is 9.10. The molecular formula is C15H10Br2ClFO. The van der Waals surface area contributed by atoms with Gasteiger partial charge in [-0.05, 0) is 45.3 Å². The van der Waals surface area contributed by atoms with Crippen molar-refractivity contribution >= 4 is 43.5 Å². The van der Waals surface area contributed by atoms with E-state index in [1.807, 2.05) is 12.1 Å². The van der Waals surface area contributed by atoms with Gasteiger partial charge in [-0.15, -0.1) is 0 Å². The first-order valence-electron chi connectivity index (χ1n) is 6.10. The fourth-order valence-electron chi connectivity index (χ4n) is 2.28. The highest BCUT2D eigenvalue weighted by atomic mass is 79.9. The maximum Gasteiger partial charge on any atom is 0.129 e. The molecule has 1 heterocycles. The zero-order chi connectivity index (χ0) is 14.3. The second kappa shape index (κ2) is 5.66. The molecule has 0 bridgehead atoms. The van der Waals surface area contributed by atoms with Crippen LogP contribution in [0.1, 0.15) is 21.5 Å². The molecule has 1 atom stereocenters. The molecule has 0 saturated heterocycles.